The Bertz CT molecular complexity index is 1590. The second kappa shape index (κ2) is 14.7. The number of carbonyl (C=O) groups excluding carboxylic acids is 4. The third-order valence-electron chi connectivity index (χ3n) is 9.25. The molecule has 1 saturated carbocycles. The van der Waals surface area contributed by atoms with Crippen LogP contribution in [0.1, 0.15) is 62.8 Å². The fraction of sp³-hybridized carbons (Fsp3) is 0.471. The number of amides is 5. The maximum Gasteiger partial charge on any atom is 0.416 e. The topological polar surface area (TPSA) is 116 Å². The summed E-state index contributed by atoms with van der Waals surface area (Å²) in [7, 11) is 1.41. The molecule has 5 amide bonds. The van der Waals surface area contributed by atoms with Gasteiger partial charge in [-0.25, -0.2) is 9.18 Å². The van der Waals surface area contributed by atoms with Crippen LogP contribution in [0.15, 0.2) is 65.3 Å². The van der Waals surface area contributed by atoms with Gasteiger partial charge in [-0.15, -0.1) is 0 Å². The largest absolute Gasteiger partial charge is 0.416 e. The highest BCUT2D eigenvalue weighted by Crippen LogP contribution is 2.38. The lowest BCUT2D eigenvalue weighted by Gasteiger charge is -2.42. The predicted octanol–water partition coefficient (Wildman–Crippen LogP) is 4.97. The first-order valence-electron chi connectivity index (χ1n) is 16.1. The lowest BCUT2D eigenvalue weighted by molar-refractivity contribution is -0.140. The molecule has 0 radical (unpaired) electrons. The van der Waals surface area contributed by atoms with Gasteiger partial charge in [0.25, 0.3) is 11.8 Å². The molecule has 0 unspecified atom stereocenters. The Morgan fingerprint density at radius 2 is 1.62 bits per heavy atom. The third kappa shape index (κ3) is 7.57. The van der Waals surface area contributed by atoms with Gasteiger partial charge in [0.05, 0.1) is 29.1 Å². The molecule has 1 spiro atoms. The molecular formula is C34H38F4N6O4. The minimum absolute atomic E-state index is 0.0875. The Hall–Kier alpha value is -4.62. The van der Waals surface area contributed by atoms with E-state index in [-0.39, 0.29) is 44.8 Å². The molecule has 1 N–H and O–H groups in total. The van der Waals surface area contributed by atoms with Gasteiger partial charge in [0.15, 0.2) is 0 Å². The van der Waals surface area contributed by atoms with Gasteiger partial charge in [-0.1, -0.05) is 50.3 Å². The molecule has 3 heterocycles. The molecular weight excluding hydrogens is 632 g/mol. The molecule has 2 aliphatic heterocycles. The minimum atomic E-state index is -4.77. The van der Waals surface area contributed by atoms with Crippen molar-refractivity contribution in [1.82, 2.24) is 30.0 Å². The highest BCUT2D eigenvalue weighted by Gasteiger charge is 2.57. The quantitative estimate of drug-likeness (QED) is 0.350. The number of halogens is 4. The maximum absolute atomic E-state index is 14.3. The molecule has 6 rings (SSSR count). The standard InChI is InChI=1S/C29H28F4N6O4.C5H10/c1-37-26(42)28(39(27(37)43)17-18-5-7-22-23(8-6-18)35-12-11-34-22)9-13-38(14-10-28)24(40)16-36-25(41)20-15-19(29(31,32)33)3-2-4-21(20)30;1-2-4-5-3-1/h3-7,11-12,15H,2,8-10,13-14,16-17H2,1H3,(H,36,41);1-5H2. The summed E-state index contributed by atoms with van der Waals surface area (Å²) in [4.78, 5) is 64.5. The van der Waals surface area contributed by atoms with Gasteiger partial charge in [-0.3, -0.25) is 29.3 Å². The lowest BCUT2D eigenvalue weighted by Crippen LogP contribution is -2.58. The van der Waals surface area contributed by atoms with E-state index < -0.39 is 53.1 Å². The molecule has 1 aromatic rings. The van der Waals surface area contributed by atoms with E-state index in [1.807, 2.05) is 18.2 Å². The number of likely N-dealkylation sites (tertiary alicyclic amines) is 1. The van der Waals surface area contributed by atoms with Gasteiger partial charge in [-0.05, 0) is 43.1 Å². The number of piperidine rings is 1. The van der Waals surface area contributed by atoms with Crippen molar-refractivity contribution in [2.75, 3.05) is 33.2 Å². The van der Waals surface area contributed by atoms with Gasteiger partial charge in [0.2, 0.25) is 5.91 Å². The van der Waals surface area contributed by atoms with Gasteiger partial charge < -0.3 is 15.1 Å². The van der Waals surface area contributed by atoms with E-state index in [0.29, 0.717) is 12.5 Å². The monoisotopic (exact) mass is 670 g/mol. The molecule has 0 bridgehead atoms. The summed E-state index contributed by atoms with van der Waals surface area (Å²) in [6.07, 6.45) is 14.0. The molecule has 5 aliphatic rings. The number of carbonyl (C=O) groups is 4. The second-order valence-electron chi connectivity index (χ2n) is 12.3. The minimum Gasteiger partial charge on any atom is -0.343 e. The summed E-state index contributed by atoms with van der Waals surface area (Å²) in [5, 5.41) is 2.20. The van der Waals surface area contributed by atoms with E-state index in [2.05, 4.69) is 15.3 Å². The Morgan fingerprint density at radius 3 is 2.29 bits per heavy atom. The normalized spacial score (nSPS) is 20.6. The number of allylic oxidation sites excluding steroid dienone is 5. The van der Waals surface area contributed by atoms with Gasteiger partial charge in [0, 0.05) is 45.5 Å². The molecule has 2 saturated heterocycles. The maximum atomic E-state index is 14.3. The molecule has 3 aliphatic carbocycles. The van der Waals surface area contributed by atoms with Crippen molar-refractivity contribution in [3.63, 3.8) is 0 Å². The molecule has 48 heavy (non-hydrogen) atoms. The van der Waals surface area contributed by atoms with Gasteiger partial charge >= 0.3 is 12.2 Å². The number of hydrogen-bond acceptors (Lipinski definition) is 6. The Labute approximate surface area is 275 Å². The second-order valence-corrected chi connectivity index (χ2v) is 12.3. The zero-order chi connectivity index (χ0) is 34.5. The van der Waals surface area contributed by atoms with Crippen LogP contribution in [0, 0.1) is 0 Å². The van der Waals surface area contributed by atoms with Crippen molar-refractivity contribution in [3.8, 4) is 0 Å². The summed E-state index contributed by atoms with van der Waals surface area (Å²) in [6.45, 7) is -0.251. The number of imide groups is 1. The average molecular weight is 671 g/mol. The number of hydrogen-bond donors (Lipinski definition) is 1. The number of likely N-dealkylation sites (N-methyl/N-ethyl adjacent to an activating group) is 1. The van der Waals surface area contributed by atoms with Crippen molar-refractivity contribution in [2.24, 2.45) is 0 Å². The summed E-state index contributed by atoms with van der Waals surface area (Å²) in [6, 6.07) is -0.455. The van der Waals surface area contributed by atoms with Crippen LogP contribution in [0.25, 0.3) is 6.08 Å². The van der Waals surface area contributed by atoms with E-state index >= 15 is 0 Å². The zero-order valence-electron chi connectivity index (χ0n) is 26.7. The molecule has 256 valence electrons. The number of alkyl halides is 3. The van der Waals surface area contributed by atoms with E-state index in [9.17, 15) is 36.7 Å². The summed E-state index contributed by atoms with van der Waals surface area (Å²) in [5.74, 6) is -3.21. The Balaban J connectivity index is 0.000000825. The van der Waals surface area contributed by atoms with Crippen molar-refractivity contribution in [2.45, 2.75) is 69.5 Å². The fourth-order valence-corrected chi connectivity index (χ4v) is 6.46. The number of aromatic nitrogens is 2. The van der Waals surface area contributed by atoms with E-state index in [1.165, 1.54) is 49.0 Å². The highest BCUT2D eigenvalue weighted by atomic mass is 19.4. The molecule has 1 aromatic heterocycles. The number of nitrogens with one attached hydrogen (secondary N) is 1. The van der Waals surface area contributed by atoms with Crippen molar-refractivity contribution in [3.05, 3.63) is 76.7 Å². The number of urea groups is 1. The smallest absolute Gasteiger partial charge is 0.343 e. The molecule has 3 fully saturated rings. The first-order valence-corrected chi connectivity index (χ1v) is 16.1. The van der Waals surface area contributed by atoms with Crippen LogP contribution in [0.4, 0.5) is 22.4 Å². The van der Waals surface area contributed by atoms with Crippen LogP contribution in [-0.4, -0.2) is 93.4 Å². The Morgan fingerprint density at radius 1 is 0.958 bits per heavy atom. The van der Waals surface area contributed by atoms with Crippen LogP contribution < -0.4 is 5.32 Å². The number of rotatable bonds is 5. The van der Waals surface area contributed by atoms with E-state index in [4.69, 9.17) is 0 Å². The first kappa shape index (κ1) is 34.7. The molecule has 0 aromatic carbocycles. The predicted molar refractivity (Wildman–Crippen MR) is 168 cm³/mol. The summed E-state index contributed by atoms with van der Waals surface area (Å²) >= 11 is 0. The third-order valence-corrected chi connectivity index (χ3v) is 9.25. The van der Waals surface area contributed by atoms with Crippen molar-refractivity contribution in [1.29, 1.82) is 0 Å². The van der Waals surface area contributed by atoms with Crippen LogP contribution in [-0.2, 0) is 20.8 Å². The summed E-state index contributed by atoms with van der Waals surface area (Å²) in [5.41, 5.74) is -0.849. The first-order chi connectivity index (χ1) is 22.9. The average Bonchev–Trinajstić information content (AvgIpc) is 3.58. The van der Waals surface area contributed by atoms with Gasteiger partial charge in [0.1, 0.15) is 11.4 Å². The fourth-order valence-electron chi connectivity index (χ4n) is 6.46. The Kier molecular flexibility index (Phi) is 10.6. The van der Waals surface area contributed by atoms with Crippen LogP contribution in [0.5, 0.6) is 0 Å². The lowest BCUT2D eigenvalue weighted by atomic mass is 9.85. The van der Waals surface area contributed by atoms with E-state index in [1.54, 1.807) is 12.4 Å². The number of nitrogens with zero attached hydrogens (tertiary/aromatic N) is 5. The van der Waals surface area contributed by atoms with Crippen LogP contribution in [0.3, 0.4) is 0 Å². The number of fused-ring (bicyclic) bond motifs is 1. The van der Waals surface area contributed by atoms with Crippen molar-refractivity contribution >= 4 is 29.8 Å². The highest BCUT2D eigenvalue weighted by molar-refractivity contribution is 6.07. The SMILES string of the molecule is C1CCCC1.CN1C(=O)N(CC2=CCc3nccnc3C=C2)C2(CCN(C(=O)CNC(=O)C3=CC(C(F)(F)F)=CCC=C3F)CC2)C1=O. The summed E-state index contributed by atoms with van der Waals surface area (Å²) < 4.78 is 53.8. The molecule has 0 atom stereocenters. The van der Waals surface area contributed by atoms with Crippen LogP contribution in [0.2, 0.25) is 0 Å². The van der Waals surface area contributed by atoms with Crippen LogP contribution >= 0.6 is 0 Å². The van der Waals surface area contributed by atoms with Gasteiger partial charge in [-0.2, -0.15) is 13.2 Å². The molecule has 10 nitrogen and oxygen atoms in total. The zero-order valence-corrected chi connectivity index (χ0v) is 26.7. The van der Waals surface area contributed by atoms with Crippen molar-refractivity contribution < 1.29 is 36.7 Å². The molecule has 14 heteroatoms. The van der Waals surface area contributed by atoms with E-state index in [0.717, 1.165) is 34.0 Å².